The maximum Gasteiger partial charge on any atom is 0.326 e. The molecule has 0 radical (unpaired) electrons. The fourth-order valence-corrected chi connectivity index (χ4v) is 1.75. The first-order valence-electron chi connectivity index (χ1n) is 4.73. The van der Waals surface area contributed by atoms with Gasteiger partial charge in [-0.25, -0.2) is 9.59 Å². The Morgan fingerprint density at radius 3 is 2.81 bits per heavy atom. The summed E-state index contributed by atoms with van der Waals surface area (Å²) < 4.78 is 0. The number of hydrogen-bond donors (Lipinski definition) is 3. The Morgan fingerprint density at radius 2 is 2.31 bits per heavy atom. The lowest BCUT2D eigenvalue weighted by Gasteiger charge is -2.12. The van der Waals surface area contributed by atoms with E-state index >= 15 is 0 Å². The van der Waals surface area contributed by atoms with Crippen molar-refractivity contribution >= 4 is 28.5 Å². The number of hydrogen-bond acceptors (Lipinski definition) is 5. The number of nitrogens with one attached hydrogen (secondary N) is 2. The lowest BCUT2D eigenvalue weighted by molar-refractivity contribution is -0.139. The fraction of sp³-hybridized carbons (Fsp3) is 0.500. The number of rotatable bonds is 4. The molecule has 8 heteroatoms. The van der Waals surface area contributed by atoms with Crippen LogP contribution < -0.4 is 10.6 Å². The normalized spacial score (nSPS) is 16.5. The van der Waals surface area contributed by atoms with E-state index in [1.54, 1.807) is 0 Å². The van der Waals surface area contributed by atoms with E-state index in [1.807, 2.05) is 0 Å². The Morgan fingerprint density at radius 1 is 1.56 bits per heavy atom. The van der Waals surface area contributed by atoms with Crippen LogP contribution in [0.4, 0.5) is 9.93 Å². The summed E-state index contributed by atoms with van der Waals surface area (Å²) >= 11 is 1.17. The molecule has 1 aromatic rings. The summed E-state index contributed by atoms with van der Waals surface area (Å²) in [4.78, 5) is 22.3. The number of amides is 2. The Hall–Kier alpha value is -1.70. The third-order valence-corrected chi connectivity index (χ3v) is 2.83. The van der Waals surface area contributed by atoms with E-state index in [0.29, 0.717) is 5.13 Å². The van der Waals surface area contributed by atoms with Crippen LogP contribution in [-0.2, 0) is 4.79 Å². The number of aromatic nitrogens is 2. The SMILES string of the molecule is O=C(Nc1nncs1)NC(C(=O)O)C1CC1. The van der Waals surface area contributed by atoms with Crippen molar-refractivity contribution in [3.8, 4) is 0 Å². The Kier molecular flexibility index (Phi) is 3.00. The van der Waals surface area contributed by atoms with Crippen LogP contribution in [0.1, 0.15) is 12.8 Å². The summed E-state index contributed by atoms with van der Waals surface area (Å²) in [5.74, 6) is -0.951. The van der Waals surface area contributed by atoms with Gasteiger partial charge in [0, 0.05) is 0 Å². The van der Waals surface area contributed by atoms with E-state index in [4.69, 9.17) is 5.11 Å². The zero-order chi connectivity index (χ0) is 11.5. The summed E-state index contributed by atoms with van der Waals surface area (Å²) in [5, 5.41) is 21.2. The average molecular weight is 242 g/mol. The first-order chi connectivity index (χ1) is 7.66. The molecular formula is C8H10N4O3S. The van der Waals surface area contributed by atoms with Gasteiger partial charge in [0.25, 0.3) is 0 Å². The van der Waals surface area contributed by atoms with Crippen molar-refractivity contribution < 1.29 is 14.7 Å². The predicted octanol–water partition coefficient (Wildman–Crippen LogP) is 0.523. The van der Waals surface area contributed by atoms with E-state index < -0.39 is 18.0 Å². The third kappa shape index (κ3) is 2.66. The summed E-state index contributed by atoms with van der Waals surface area (Å²) in [6.45, 7) is 0. The van der Waals surface area contributed by atoms with Gasteiger partial charge < -0.3 is 10.4 Å². The molecule has 1 unspecified atom stereocenters. The summed E-state index contributed by atoms with van der Waals surface area (Å²) in [7, 11) is 0. The van der Waals surface area contributed by atoms with Gasteiger partial charge in [-0.05, 0) is 18.8 Å². The van der Waals surface area contributed by atoms with Gasteiger partial charge >= 0.3 is 12.0 Å². The van der Waals surface area contributed by atoms with Crippen molar-refractivity contribution in [1.29, 1.82) is 0 Å². The second kappa shape index (κ2) is 4.44. The fourth-order valence-electron chi connectivity index (χ4n) is 1.31. The molecule has 1 aromatic heterocycles. The van der Waals surface area contributed by atoms with Crippen molar-refractivity contribution in [2.24, 2.45) is 5.92 Å². The number of carbonyl (C=O) groups excluding carboxylic acids is 1. The van der Waals surface area contributed by atoms with Crippen molar-refractivity contribution in [1.82, 2.24) is 15.5 Å². The molecule has 7 nitrogen and oxygen atoms in total. The Bertz CT molecular complexity index is 390. The average Bonchev–Trinajstić information content (AvgIpc) is 2.94. The van der Waals surface area contributed by atoms with Gasteiger partial charge in [0.15, 0.2) is 0 Å². The van der Waals surface area contributed by atoms with Crippen molar-refractivity contribution in [3.63, 3.8) is 0 Å². The lowest BCUT2D eigenvalue weighted by Crippen LogP contribution is -2.44. The molecule has 0 aromatic carbocycles. The second-order valence-corrected chi connectivity index (χ2v) is 4.33. The quantitative estimate of drug-likeness (QED) is 0.714. The molecule has 16 heavy (non-hydrogen) atoms. The first-order valence-corrected chi connectivity index (χ1v) is 5.61. The second-order valence-electron chi connectivity index (χ2n) is 3.50. The minimum Gasteiger partial charge on any atom is -0.480 e. The molecule has 3 N–H and O–H groups in total. The molecule has 2 rings (SSSR count). The molecule has 1 fully saturated rings. The first kappa shape index (κ1) is 10.8. The van der Waals surface area contributed by atoms with Gasteiger partial charge in [-0.1, -0.05) is 11.3 Å². The molecule has 1 saturated carbocycles. The van der Waals surface area contributed by atoms with E-state index in [9.17, 15) is 9.59 Å². The molecule has 2 amide bonds. The molecule has 1 atom stereocenters. The van der Waals surface area contributed by atoms with Crippen LogP contribution in [0.25, 0.3) is 0 Å². The van der Waals surface area contributed by atoms with Gasteiger partial charge in [-0.2, -0.15) is 0 Å². The van der Waals surface area contributed by atoms with Crippen LogP contribution in [0.15, 0.2) is 5.51 Å². The summed E-state index contributed by atoms with van der Waals surface area (Å²) in [6.07, 6.45) is 1.69. The maximum absolute atomic E-state index is 11.4. The maximum atomic E-state index is 11.4. The minimum atomic E-state index is -1.00. The van der Waals surface area contributed by atoms with Crippen molar-refractivity contribution in [2.45, 2.75) is 18.9 Å². The number of carbonyl (C=O) groups is 2. The number of nitrogens with zero attached hydrogens (tertiary/aromatic N) is 2. The molecule has 0 aliphatic heterocycles. The standard InChI is InChI=1S/C8H10N4O3S/c13-6(14)5(4-1-2-4)10-7(15)11-8-12-9-3-16-8/h3-5H,1-2H2,(H,13,14)(H2,10,11,12,15). The number of anilines is 1. The molecule has 1 aliphatic carbocycles. The molecule has 0 bridgehead atoms. The molecule has 1 heterocycles. The smallest absolute Gasteiger partial charge is 0.326 e. The van der Waals surface area contributed by atoms with Gasteiger partial charge in [-0.3, -0.25) is 5.32 Å². The topological polar surface area (TPSA) is 104 Å². The van der Waals surface area contributed by atoms with E-state index in [1.165, 1.54) is 16.8 Å². The monoisotopic (exact) mass is 242 g/mol. The van der Waals surface area contributed by atoms with Crippen LogP contribution in [0.2, 0.25) is 0 Å². The highest BCUT2D eigenvalue weighted by Crippen LogP contribution is 2.32. The molecule has 0 spiro atoms. The zero-order valence-electron chi connectivity index (χ0n) is 8.21. The van der Waals surface area contributed by atoms with Crippen molar-refractivity contribution in [3.05, 3.63) is 5.51 Å². The van der Waals surface area contributed by atoms with Crippen molar-refractivity contribution in [2.75, 3.05) is 5.32 Å². The minimum absolute atomic E-state index is 0.0534. The van der Waals surface area contributed by atoms with Gasteiger partial charge in [-0.15, -0.1) is 10.2 Å². The van der Waals surface area contributed by atoms with Gasteiger partial charge in [0.05, 0.1) is 0 Å². The van der Waals surface area contributed by atoms with Gasteiger partial charge in [0.1, 0.15) is 11.6 Å². The van der Waals surface area contributed by atoms with Crippen LogP contribution >= 0.6 is 11.3 Å². The Labute approximate surface area is 94.9 Å². The van der Waals surface area contributed by atoms with Crippen LogP contribution in [-0.4, -0.2) is 33.3 Å². The van der Waals surface area contributed by atoms with E-state index in [2.05, 4.69) is 20.8 Å². The number of urea groups is 1. The molecular weight excluding hydrogens is 232 g/mol. The summed E-state index contributed by atoms with van der Waals surface area (Å²) in [5.41, 5.74) is 1.48. The number of carboxylic acid groups (broad SMARTS) is 1. The number of carboxylic acids is 1. The van der Waals surface area contributed by atoms with Crippen LogP contribution in [0.3, 0.4) is 0 Å². The highest BCUT2D eigenvalue weighted by atomic mass is 32.1. The number of aliphatic carboxylic acids is 1. The van der Waals surface area contributed by atoms with Crippen LogP contribution in [0, 0.1) is 5.92 Å². The predicted molar refractivity (Wildman–Crippen MR) is 56.2 cm³/mol. The zero-order valence-corrected chi connectivity index (χ0v) is 9.03. The molecule has 0 saturated heterocycles. The van der Waals surface area contributed by atoms with Crippen LogP contribution in [0.5, 0.6) is 0 Å². The molecule has 86 valence electrons. The van der Waals surface area contributed by atoms with E-state index in [0.717, 1.165) is 12.8 Å². The van der Waals surface area contributed by atoms with E-state index in [-0.39, 0.29) is 5.92 Å². The largest absolute Gasteiger partial charge is 0.480 e. The highest BCUT2D eigenvalue weighted by molar-refractivity contribution is 7.13. The third-order valence-electron chi connectivity index (χ3n) is 2.23. The lowest BCUT2D eigenvalue weighted by atomic mass is 10.2. The highest BCUT2D eigenvalue weighted by Gasteiger charge is 2.37. The Balaban J connectivity index is 1.88. The summed E-state index contributed by atoms with van der Waals surface area (Å²) in [6, 6.07) is -1.37. The molecule has 1 aliphatic rings. The van der Waals surface area contributed by atoms with Gasteiger partial charge in [0.2, 0.25) is 5.13 Å².